The van der Waals surface area contributed by atoms with Gasteiger partial charge in [-0.3, -0.25) is 10.1 Å². The molecule has 2 rings (SSSR count). The molecule has 0 bridgehead atoms. The van der Waals surface area contributed by atoms with Gasteiger partial charge in [0, 0.05) is 54.3 Å². The van der Waals surface area contributed by atoms with E-state index in [1.807, 2.05) is 32.2 Å². The van der Waals surface area contributed by atoms with Crippen LogP contribution in [0.2, 0.25) is 0 Å². The second-order valence-corrected chi connectivity index (χ2v) is 8.47. The summed E-state index contributed by atoms with van der Waals surface area (Å²) in [6, 6.07) is 5.25. The number of methoxy groups -OCH3 is 1. The number of aryl methyl sites for hydroxylation is 2. The molecule has 0 spiro atoms. The Morgan fingerprint density at radius 1 is 1.40 bits per heavy atom. The average molecular weight is 500 g/mol. The number of hydrogen-bond donors (Lipinski definition) is 3. The normalized spacial score (nSPS) is 13.1. The molecule has 1 aromatic heterocycles. The van der Waals surface area contributed by atoms with Crippen LogP contribution in [0.5, 0.6) is 0 Å². The van der Waals surface area contributed by atoms with Gasteiger partial charge in [-0.2, -0.15) is 5.10 Å². The summed E-state index contributed by atoms with van der Waals surface area (Å²) in [5.74, 6) is 1.39. The summed E-state index contributed by atoms with van der Waals surface area (Å²) in [5, 5.41) is 10.3. The number of nitrogens with zero attached hydrogens (tertiary/aromatic N) is 4. The highest BCUT2D eigenvalue weighted by molar-refractivity contribution is 7.98. The number of H-pyrrole nitrogens is 1. The van der Waals surface area contributed by atoms with Gasteiger partial charge in [-0.1, -0.05) is 13.5 Å². The van der Waals surface area contributed by atoms with Crippen molar-refractivity contribution in [2.75, 3.05) is 37.7 Å². The summed E-state index contributed by atoms with van der Waals surface area (Å²) in [4.78, 5) is 11.4. The monoisotopic (exact) mass is 499 g/mol. The molecule has 0 saturated heterocycles. The van der Waals surface area contributed by atoms with Crippen molar-refractivity contribution < 1.29 is 9.13 Å². The fourth-order valence-corrected chi connectivity index (χ4v) is 4.00. The van der Waals surface area contributed by atoms with Gasteiger partial charge in [0.1, 0.15) is 11.7 Å². The van der Waals surface area contributed by atoms with Gasteiger partial charge in [0.15, 0.2) is 17.4 Å². The molecule has 0 atom stereocenters. The Bertz CT molecular complexity index is 1180. The van der Waals surface area contributed by atoms with Gasteiger partial charge in [-0.25, -0.2) is 9.38 Å². The van der Waals surface area contributed by atoms with Crippen LogP contribution in [0.1, 0.15) is 25.1 Å². The molecule has 0 amide bonds. The molecule has 0 aliphatic rings. The van der Waals surface area contributed by atoms with E-state index in [9.17, 15) is 0 Å². The van der Waals surface area contributed by atoms with Crippen molar-refractivity contribution >= 4 is 35.3 Å². The highest BCUT2D eigenvalue weighted by Crippen LogP contribution is 2.30. The van der Waals surface area contributed by atoms with E-state index in [0.29, 0.717) is 40.1 Å². The first-order valence-electron chi connectivity index (χ1n) is 11.0. The molecule has 0 fully saturated rings. The van der Waals surface area contributed by atoms with Crippen LogP contribution < -0.4 is 16.0 Å². The van der Waals surface area contributed by atoms with Crippen LogP contribution in [-0.4, -0.2) is 49.7 Å². The molecular weight excluding hydrogens is 465 g/mol. The van der Waals surface area contributed by atoms with Crippen molar-refractivity contribution in [3.8, 4) is 0 Å². The van der Waals surface area contributed by atoms with E-state index in [2.05, 4.69) is 27.1 Å². The molecule has 35 heavy (non-hydrogen) atoms. The van der Waals surface area contributed by atoms with Crippen molar-refractivity contribution in [3.05, 3.63) is 70.8 Å². The van der Waals surface area contributed by atoms with Crippen LogP contribution >= 0.6 is 11.8 Å². The number of ether oxygens (including phenoxy) is 1. The molecule has 0 aliphatic carbocycles. The van der Waals surface area contributed by atoms with E-state index in [0.717, 1.165) is 22.6 Å². The Kier molecular flexibility index (Phi) is 10.1. The Morgan fingerprint density at radius 2 is 2.11 bits per heavy atom. The lowest BCUT2D eigenvalue weighted by molar-refractivity contribution is 0.298. The third-order valence-corrected chi connectivity index (χ3v) is 6.11. The summed E-state index contributed by atoms with van der Waals surface area (Å²) < 4.78 is 20.7. The lowest BCUT2D eigenvalue weighted by atomic mass is 10.1. The van der Waals surface area contributed by atoms with Gasteiger partial charge in [0.25, 0.3) is 0 Å². The standard InChI is InChI=1S/C25H34FN7OS/c1-9-18-11-21(20(26)12-22(18)35-8)33(6)17(4)29-25(30-23-10-15(2)31-32-23)24(34-7)16(3)19(13-27)14-28-5/h10-14H,3,9,27H2,1-2,4-8H3,(H2,30,31,32)/b19-13+,25-24-,28-14?,29-17+. The van der Waals surface area contributed by atoms with Crippen LogP contribution in [0.3, 0.4) is 0 Å². The third-order valence-electron chi connectivity index (χ3n) is 5.29. The minimum atomic E-state index is -0.325. The van der Waals surface area contributed by atoms with Crippen LogP contribution in [0.15, 0.2) is 68.6 Å². The number of hydrogen-bond acceptors (Lipinski definition) is 7. The number of nitrogens with one attached hydrogen (secondary N) is 2. The first-order chi connectivity index (χ1) is 16.7. The van der Waals surface area contributed by atoms with Crippen molar-refractivity contribution in [2.45, 2.75) is 32.1 Å². The summed E-state index contributed by atoms with van der Waals surface area (Å²) >= 11 is 1.53. The lowest BCUT2D eigenvalue weighted by Crippen LogP contribution is -2.26. The Morgan fingerprint density at radius 3 is 2.63 bits per heavy atom. The van der Waals surface area contributed by atoms with E-state index in [1.54, 1.807) is 38.2 Å². The Labute approximate surface area is 210 Å². The van der Waals surface area contributed by atoms with E-state index < -0.39 is 0 Å². The molecule has 10 heteroatoms. The smallest absolute Gasteiger partial charge is 0.176 e. The van der Waals surface area contributed by atoms with Crippen molar-refractivity contribution in [1.29, 1.82) is 0 Å². The highest BCUT2D eigenvalue weighted by Gasteiger charge is 2.18. The first kappa shape index (κ1) is 27.7. The largest absolute Gasteiger partial charge is 0.492 e. The number of benzene rings is 1. The summed E-state index contributed by atoms with van der Waals surface area (Å²) in [6.45, 7) is 9.84. The number of rotatable bonds is 10. The molecular formula is C25H34FN7OS. The van der Waals surface area contributed by atoms with Gasteiger partial charge in [0.2, 0.25) is 0 Å². The number of thioether (sulfide) groups is 1. The van der Waals surface area contributed by atoms with Crippen molar-refractivity contribution in [2.24, 2.45) is 15.7 Å². The molecule has 0 aliphatic heterocycles. The molecule has 0 saturated carbocycles. The van der Waals surface area contributed by atoms with E-state index >= 15 is 4.39 Å². The summed E-state index contributed by atoms with van der Waals surface area (Å²) in [7, 11) is 4.91. The van der Waals surface area contributed by atoms with Crippen LogP contribution in [0, 0.1) is 12.7 Å². The number of nitrogens with two attached hydrogens (primary N) is 1. The number of amidine groups is 1. The SMILES string of the molecule is C=C(/C(C=NC)=C/N)/C(OC)=C(\N=C(/C)N(C)c1cc(CC)c(SC)cc1F)Nc1cc(C)[nH]n1. The Hall–Kier alpha value is -3.53. The fraction of sp³-hybridized carbons (Fsp3) is 0.320. The number of anilines is 2. The quantitative estimate of drug-likeness (QED) is 0.139. The minimum absolute atomic E-state index is 0.325. The van der Waals surface area contributed by atoms with E-state index in [-0.39, 0.29) is 5.82 Å². The molecule has 8 nitrogen and oxygen atoms in total. The van der Waals surface area contributed by atoms with Crippen LogP contribution in [-0.2, 0) is 11.2 Å². The average Bonchev–Trinajstić information content (AvgIpc) is 3.26. The first-order valence-corrected chi connectivity index (χ1v) is 12.2. The molecule has 1 heterocycles. The number of allylic oxidation sites excluding steroid dienone is 1. The molecule has 2 aromatic rings. The molecule has 0 unspecified atom stereocenters. The summed E-state index contributed by atoms with van der Waals surface area (Å²) in [6.07, 6.45) is 5.70. The van der Waals surface area contributed by atoms with Crippen molar-refractivity contribution in [1.82, 2.24) is 10.2 Å². The topological polar surface area (TPSA) is 104 Å². The zero-order chi connectivity index (χ0) is 26.1. The minimum Gasteiger partial charge on any atom is -0.492 e. The second-order valence-electron chi connectivity index (χ2n) is 7.62. The zero-order valence-corrected chi connectivity index (χ0v) is 22.2. The predicted octanol–water partition coefficient (Wildman–Crippen LogP) is 5.02. The van der Waals surface area contributed by atoms with Gasteiger partial charge < -0.3 is 20.7 Å². The Balaban J connectivity index is 2.62. The van der Waals surface area contributed by atoms with Crippen LogP contribution in [0.4, 0.5) is 15.9 Å². The summed E-state index contributed by atoms with van der Waals surface area (Å²) in [5.41, 5.74) is 9.18. The number of aromatic amines is 1. The molecule has 188 valence electrons. The third kappa shape index (κ3) is 6.75. The second kappa shape index (κ2) is 12.8. The van der Waals surface area contributed by atoms with E-state index in [1.165, 1.54) is 25.1 Å². The number of aromatic nitrogens is 2. The van der Waals surface area contributed by atoms with Crippen molar-refractivity contribution in [3.63, 3.8) is 0 Å². The highest BCUT2D eigenvalue weighted by atomic mass is 32.2. The molecule has 0 radical (unpaired) electrons. The number of aliphatic imine (C=N–C) groups is 2. The van der Waals surface area contributed by atoms with Gasteiger partial charge >= 0.3 is 0 Å². The number of halogens is 1. The predicted molar refractivity (Wildman–Crippen MR) is 146 cm³/mol. The fourth-order valence-electron chi connectivity index (χ4n) is 3.31. The maximum atomic E-state index is 15.0. The van der Waals surface area contributed by atoms with Crippen LogP contribution in [0.25, 0.3) is 0 Å². The molecule has 1 aromatic carbocycles. The van der Waals surface area contributed by atoms with E-state index in [4.69, 9.17) is 15.5 Å². The molecule has 4 N–H and O–H groups in total. The lowest BCUT2D eigenvalue weighted by Gasteiger charge is -2.22. The van der Waals surface area contributed by atoms with Gasteiger partial charge in [-0.05, 0) is 44.2 Å². The van der Waals surface area contributed by atoms with Gasteiger partial charge in [-0.15, -0.1) is 11.8 Å². The maximum absolute atomic E-state index is 15.0. The van der Waals surface area contributed by atoms with Gasteiger partial charge in [0.05, 0.1) is 12.8 Å². The zero-order valence-electron chi connectivity index (χ0n) is 21.4. The maximum Gasteiger partial charge on any atom is 0.176 e.